The average Bonchev–Trinajstić information content (AvgIpc) is 2.71. The lowest BCUT2D eigenvalue weighted by Gasteiger charge is -2.29. The fourth-order valence-electron chi connectivity index (χ4n) is 1.92. The van der Waals surface area contributed by atoms with Gasteiger partial charge < -0.3 is 15.2 Å². The molecule has 88 valence electrons. The highest BCUT2D eigenvalue weighted by atomic mass is 15.2. The maximum absolute atomic E-state index is 4.11. The van der Waals surface area contributed by atoms with Gasteiger partial charge in [-0.2, -0.15) is 0 Å². The van der Waals surface area contributed by atoms with E-state index in [0.29, 0.717) is 6.04 Å². The Bertz CT molecular complexity index is 515. The Morgan fingerprint density at radius 3 is 2.94 bits per heavy atom. The molecule has 1 fully saturated rings. The minimum absolute atomic E-state index is 0.546. The largest absolute Gasteiger partial charge is 0.380 e. The summed E-state index contributed by atoms with van der Waals surface area (Å²) in [6, 6.07) is 8.83. The molecule has 2 N–H and O–H groups in total. The van der Waals surface area contributed by atoms with Crippen molar-refractivity contribution in [2.45, 2.75) is 6.04 Å². The van der Waals surface area contributed by atoms with Crippen molar-refractivity contribution in [1.29, 1.82) is 0 Å². The average molecular weight is 229 g/mol. The third kappa shape index (κ3) is 2.01. The predicted molar refractivity (Wildman–Crippen MR) is 66.7 cm³/mol. The molecule has 0 amide bonds. The molecular formula is C12H15N5. The van der Waals surface area contributed by atoms with Gasteiger partial charge in [-0.1, -0.05) is 12.1 Å². The van der Waals surface area contributed by atoms with Crippen LogP contribution in [-0.2, 0) is 7.05 Å². The number of nitrogens with zero attached hydrogens (tertiary/aromatic N) is 3. The van der Waals surface area contributed by atoms with Gasteiger partial charge in [0.05, 0.1) is 6.04 Å². The molecule has 1 aliphatic rings. The molecule has 3 rings (SSSR count). The Morgan fingerprint density at radius 1 is 1.41 bits per heavy atom. The molecule has 2 aromatic rings. The SMILES string of the molecule is Cn1cnnc1-c1cccc(NC2CNC2)c1. The van der Waals surface area contributed by atoms with Gasteiger partial charge in [0.1, 0.15) is 6.33 Å². The van der Waals surface area contributed by atoms with E-state index in [0.717, 1.165) is 30.2 Å². The molecule has 1 saturated heterocycles. The van der Waals surface area contributed by atoms with Gasteiger partial charge in [-0.25, -0.2) is 0 Å². The van der Waals surface area contributed by atoms with Gasteiger partial charge >= 0.3 is 0 Å². The number of anilines is 1. The second kappa shape index (κ2) is 4.18. The first-order valence-corrected chi connectivity index (χ1v) is 5.74. The van der Waals surface area contributed by atoms with Crippen molar-refractivity contribution in [2.75, 3.05) is 18.4 Å². The second-order valence-corrected chi connectivity index (χ2v) is 4.35. The Balaban J connectivity index is 1.85. The van der Waals surface area contributed by atoms with Gasteiger partial charge in [-0.05, 0) is 12.1 Å². The van der Waals surface area contributed by atoms with E-state index >= 15 is 0 Å². The summed E-state index contributed by atoms with van der Waals surface area (Å²) in [4.78, 5) is 0. The van der Waals surface area contributed by atoms with Crippen LogP contribution in [-0.4, -0.2) is 33.9 Å². The molecule has 0 aliphatic carbocycles. The molecule has 0 atom stereocenters. The molecule has 0 bridgehead atoms. The summed E-state index contributed by atoms with van der Waals surface area (Å²) in [6.45, 7) is 2.07. The number of hydrogen-bond acceptors (Lipinski definition) is 4. The summed E-state index contributed by atoms with van der Waals surface area (Å²) in [5.74, 6) is 0.889. The lowest BCUT2D eigenvalue weighted by Crippen LogP contribution is -2.51. The Kier molecular flexibility index (Phi) is 2.53. The van der Waals surface area contributed by atoms with Crippen LogP contribution in [0.3, 0.4) is 0 Å². The fourth-order valence-corrected chi connectivity index (χ4v) is 1.92. The first-order valence-electron chi connectivity index (χ1n) is 5.74. The van der Waals surface area contributed by atoms with Crippen LogP contribution in [0.15, 0.2) is 30.6 Å². The highest BCUT2D eigenvalue weighted by Crippen LogP contribution is 2.20. The van der Waals surface area contributed by atoms with E-state index in [1.165, 1.54) is 0 Å². The molecular weight excluding hydrogens is 214 g/mol. The minimum atomic E-state index is 0.546. The molecule has 0 unspecified atom stereocenters. The van der Waals surface area contributed by atoms with Gasteiger partial charge in [-0.15, -0.1) is 10.2 Å². The quantitative estimate of drug-likeness (QED) is 0.820. The standard InChI is InChI=1S/C12H15N5/c1-17-8-14-16-12(17)9-3-2-4-10(5-9)15-11-6-13-7-11/h2-5,8,11,13,15H,6-7H2,1H3. The van der Waals surface area contributed by atoms with Crippen LogP contribution in [0.5, 0.6) is 0 Å². The van der Waals surface area contributed by atoms with Crippen molar-refractivity contribution < 1.29 is 0 Å². The summed E-state index contributed by atoms with van der Waals surface area (Å²) >= 11 is 0. The van der Waals surface area contributed by atoms with Crippen LogP contribution >= 0.6 is 0 Å². The van der Waals surface area contributed by atoms with E-state index in [-0.39, 0.29) is 0 Å². The summed E-state index contributed by atoms with van der Waals surface area (Å²) in [5, 5.41) is 14.7. The zero-order chi connectivity index (χ0) is 11.7. The Labute approximate surface area is 99.9 Å². The third-order valence-electron chi connectivity index (χ3n) is 2.98. The van der Waals surface area contributed by atoms with Crippen molar-refractivity contribution in [3.63, 3.8) is 0 Å². The number of aryl methyl sites for hydroxylation is 1. The maximum Gasteiger partial charge on any atom is 0.163 e. The molecule has 17 heavy (non-hydrogen) atoms. The normalized spacial score (nSPS) is 15.6. The van der Waals surface area contributed by atoms with Crippen LogP contribution in [0.25, 0.3) is 11.4 Å². The topological polar surface area (TPSA) is 54.8 Å². The van der Waals surface area contributed by atoms with Crippen LogP contribution in [0.2, 0.25) is 0 Å². The van der Waals surface area contributed by atoms with Gasteiger partial charge in [0.25, 0.3) is 0 Å². The fraction of sp³-hybridized carbons (Fsp3) is 0.333. The van der Waals surface area contributed by atoms with Crippen LogP contribution in [0, 0.1) is 0 Å². The van der Waals surface area contributed by atoms with Crippen LogP contribution in [0.4, 0.5) is 5.69 Å². The van der Waals surface area contributed by atoms with Gasteiger partial charge in [0.15, 0.2) is 5.82 Å². The summed E-state index contributed by atoms with van der Waals surface area (Å²) < 4.78 is 1.92. The molecule has 0 spiro atoms. The third-order valence-corrected chi connectivity index (χ3v) is 2.98. The molecule has 1 aromatic carbocycles. The number of rotatable bonds is 3. The molecule has 0 radical (unpaired) electrons. The van der Waals surface area contributed by atoms with E-state index in [1.54, 1.807) is 6.33 Å². The molecule has 2 heterocycles. The van der Waals surface area contributed by atoms with E-state index in [4.69, 9.17) is 0 Å². The van der Waals surface area contributed by atoms with E-state index in [2.05, 4.69) is 33.0 Å². The Morgan fingerprint density at radius 2 is 2.29 bits per heavy atom. The van der Waals surface area contributed by atoms with Crippen LogP contribution in [0.1, 0.15) is 0 Å². The lowest BCUT2D eigenvalue weighted by atomic mass is 10.1. The van der Waals surface area contributed by atoms with Crippen molar-refractivity contribution in [2.24, 2.45) is 7.05 Å². The van der Waals surface area contributed by atoms with Gasteiger partial charge in [0.2, 0.25) is 0 Å². The summed E-state index contributed by atoms with van der Waals surface area (Å²) in [6.07, 6.45) is 1.71. The van der Waals surface area contributed by atoms with Crippen molar-refractivity contribution in [3.05, 3.63) is 30.6 Å². The van der Waals surface area contributed by atoms with E-state index < -0.39 is 0 Å². The summed E-state index contributed by atoms with van der Waals surface area (Å²) in [5.41, 5.74) is 2.22. The zero-order valence-corrected chi connectivity index (χ0v) is 9.72. The molecule has 5 heteroatoms. The molecule has 1 aliphatic heterocycles. The highest BCUT2D eigenvalue weighted by molar-refractivity contribution is 5.62. The monoisotopic (exact) mass is 229 g/mol. The molecule has 5 nitrogen and oxygen atoms in total. The zero-order valence-electron chi connectivity index (χ0n) is 9.72. The predicted octanol–water partition coefficient (Wildman–Crippen LogP) is 0.866. The highest BCUT2D eigenvalue weighted by Gasteiger charge is 2.16. The first kappa shape index (κ1) is 10.3. The molecule has 1 aromatic heterocycles. The van der Waals surface area contributed by atoms with Crippen molar-refractivity contribution >= 4 is 5.69 Å². The number of hydrogen-bond donors (Lipinski definition) is 2. The minimum Gasteiger partial charge on any atom is -0.380 e. The molecule has 0 saturated carbocycles. The van der Waals surface area contributed by atoms with Gasteiger partial charge in [-0.3, -0.25) is 0 Å². The second-order valence-electron chi connectivity index (χ2n) is 4.35. The van der Waals surface area contributed by atoms with Crippen molar-refractivity contribution in [3.8, 4) is 11.4 Å². The number of aromatic nitrogens is 3. The van der Waals surface area contributed by atoms with Crippen molar-refractivity contribution in [1.82, 2.24) is 20.1 Å². The van der Waals surface area contributed by atoms with Gasteiger partial charge in [0, 0.05) is 31.4 Å². The van der Waals surface area contributed by atoms with E-state index in [1.807, 2.05) is 23.7 Å². The maximum atomic E-state index is 4.11. The first-order chi connectivity index (χ1) is 8.33. The summed E-state index contributed by atoms with van der Waals surface area (Å²) in [7, 11) is 1.95. The lowest BCUT2D eigenvalue weighted by molar-refractivity contribution is 0.472. The van der Waals surface area contributed by atoms with Crippen LogP contribution < -0.4 is 10.6 Å². The Hall–Kier alpha value is -1.88. The number of benzene rings is 1. The van der Waals surface area contributed by atoms with E-state index in [9.17, 15) is 0 Å². The smallest absolute Gasteiger partial charge is 0.163 e. The number of nitrogens with one attached hydrogen (secondary N) is 2.